The van der Waals surface area contributed by atoms with Crippen LogP contribution in [0.2, 0.25) is 0 Å². The van der Waals surface area contributed by atoms with Gasteiger partial charge in [-0.05, 0) is 32.6 Å². The molecule has 0 radical (unpaired) electrons. The fourth-order valence-electron chi connectivity index (χ4n) is 3.17. The normalized spacial score (nSPS) is 33.9. The van der Waals surface area contributed by atoms with Gasteiger partial charge in [0.2, 0.25) is 0 Å². The molecule has 0 spiro atoms. The van der Waals surface area contributed by atoms with Crippen molar-refractivity contribution in [1.82, 2.24) is 14.8 Å². The molecule has 1 heterocycles. The van der Waals surface area contributed by atoms with E-state index >= 15 is 0 Å². The van der Waals surface area contributed by atoms with Crippen molar-refractivity contribution in [2.45, 2.75) is 69.9 Å². The Bertz CT molecular complexity index is 421. The second kappa shape index (κ2) is 3.80. The van der Waals surface area contributed by atoms with Gasteiger partial charge in [-0.2, -0.15) is 0 Å². The van der Waals surface area contributed by atoms with E-state index in [1.54, 1.807) is 0 Å². The molecule has 94 valence electrons. The monoisotopic (exact) mass is 234 g/mol. The van der Waals surface area contributed by atoms with E-state index in [4.69, 9.17) is 5.73 Å². The van der Waals surface area contributed by atoms with Crippen molar-refractivity contribution in [3.63, 3.8) is 0 Å². The van der Waals surface area contributed by atoms with Gasteiger partial charge in [0, 0.05) is 17.5 Å². The van der Waals surface area contributed by atoms with Crippen LogP contribution < -0.4 is 5.73 Å². The quantitative estimate of drug-likeness (QED) is 0.852. The van der Waals surface area contributed by atoms with Gasteiger partial charge in [-0.1, -0.05) is 19.8 Å². The Kier molecular flexibility index (Phi) is 2.51. The molecule has 1 aromatic heterocycles. The summed E-state index contributed by atoms with van der Waals surface area (Å²) in [5.74, 6) is 2.20. The molecule has 2 aliphatic rings. The average molecular weight is 234 g/mol. The minimum atomic E-state index is 0.0299. The first-order chi connectivity index (χ1) is 8.13. The van der Waals surface area contributed by atoms with E-state index in [1.807, 2.05) is 0 Å². The summed E-state index contributed by atoms with van der Waals surface area (Å²) in [7, 11) is 0. The second-order valence-electron chi connectivity index (χ2n) is 5.94. The van der Waals surface area contributed by atoms with Crippen LogP contribution >= 0.6 is 0 Å². The number of hydrogen-bond acceptors (Lipinski definition) is 3. The van der Waals surface area contributed by atoms with Crippen LogP contribution in [0.25, 0.3) is 0 Å². The van der Waals surface area contributed by atoms with Crippen LogP contribution in [-0.2, 0) is 5.41 Å². The lowest BCUT2D eigenvalue weighted by Crippen LogP contribution is -2.47. The smallest absolute Gasteiger partial charge is 0.140 e. The molecule has 0 saturated heterocycles. The van der Waals surface area contributed by atoms with Crippen LogP contribution in [0.1, 0.15) is 63.1 Å². The van der Waals surface area contributed by atoms with E-state index < -0.39 is 0 Å². The van der Waals surface area contributed by atoms with E-state index in [1.165, 1.54) is 25.7 Å². The first-order valence-electron chi connectivity index (χ1n) is 6.80. The zero-order valence-electron chi connectivity index (χ0n) is 10.8. The molecular weight excluding hydrogens is 212 g/mol. The summed E-state index contributed by atoms with van der Waals surface area (Å²) >= 11 is 0. The first kappa shape index (κ1) is 11.2. The predicted octanol–water partition coefficient (Wildman–Crippen LogP) is 2.08. The van der Waals surface area contributed by atoms with Crippen molar-refractivity contribution in [2.24, 2.45) is 5.73 Å². The average Bonchev–Trinajstić information content (AvgIpc) is 3.06. The Morgan fingerprint density at radius 2 is 2.00 bits per heavy atom. The van der Waals surface area contributed by atoms with E-state index in [0.717, 1.165) is 24.5 Å². The third-order valence-electron chi connectivity index (χ3n) is 4.57. The van der Waals surface area contributed by atoms with E-state index in [-0.39, 0.29) is 11.5 Å². The third-order valence-corrected chi connectivity index (χ3v) is 4.57. The lowest BCUT2D eigenvalue weighted by Gasteiger charge is -2.38. The number of nitrogens with zero attached hydrogens (tertiary/aromatic N) is 3. The highest BCUT2D eigenvalue weighted by molar-refractivity contribution is 5.17. The molecule has 0 aromatic carbocycles. The zero-order chi connectivity index (χ0) is 12.0. The van der Waals surface area contributed by atoms with Gasteiger partial charge in [0.25, 0.3) is 0 Å². The minimum Gasteiger partial charge on any atom is -0.327 e. The van der Waals surface area contributed by atoms with Crippen LogP contribution in [0.4, 0.5) is 0 Å². The van der Waals surface area contributed by atoms with Crippen molar-refractivity contribution in [2.75, 3.05) is 0 Å². The summed E-state index contributed by atoms with van der Waals surface area (Å²) in [6.45, 7) is 4.34. The molecule has 2 aliphatic carbocycles. The molecule has 0 amide bonds. The van der Waals surface area contributed by atoms with Gasteiger partial charge >= 0.3 is 0 Å². The van der Waals surface area contributed by atoms with Crippen LogP contribution in [0.5, 0.6) is 0 Å². The van der Waals surface area contributed by atoms with Crippen molar-refractivity contribution in [3.8, 4) is 0 Å². The fraction of sp³-hybridized carbons (Fsp3) is 0.846. The minimum absolute atomic E-state index is 0.0299. The number of aromatic nitrogens is 3. The zero-order valence-corrected chi connectivity index (χ0v) is 10.8. The van der Waals surface area contributed by atoms with Gasteiger partial charge in [-0.15, -0.1) is 10.2 Å². The maximum atomic E-state index is 6.36. The van der Waals surface area contributed by atoms with Gasteiger partial charge in [-0.3, -0.25) is 0 Å². The molecule has 4 heteroatoms. The summed E-state index contributed by atoms with van der Waals surface area (Å²) < 4.78 is 2.35. The molecule has 2 N–H and O–H groups in total. The summed E-state index contributed by atoms with van der Waals surface area (Å²) in [5.41, 5.74) is 6.39. The Morgan fingerprint density at radius 1 is 1.24 bits per heavy atom. The number of nitrogens with two attached hydrogens (primary N) is 1. The molecule has 2 atom stereocenters. The Balaban J connectivity index is 2.02. The molecule has 17 heavy (non-hydrogen) atoms. The highest BCUT2D eigenvalue weighted by Gasteiger charge is 2.42. The molecule has 3 rings (SSSR count). The van der Waals surface area contributed by atoms with Crippen molar-refractivity contribution < 1.29 is 0 Å². The van der Waals surface area contributed by atoms with Crippen LogP contribution in [0, 0.1) is 6.92 Å². The third kappa shape index (κ3) is 1.69. The van der Waals surface area contributed by atoms with Gasteiger partial charge in [0.1, 0.15) is 11.6 Å². The topological polar surface area (TPSA) is 56.7 Å². The van der Waals surface area contributed by atoms with Crippen LogP contribution in [-0.4, -0.2) is 20.8 Å². The summed E-state index contributed by atoms with van der Waals surface area (Å²) in [4.78, 5) is 0. The summed E-state index contributed by atoms with van der Waals surface area (Å²) in [6.07, 6.45) is 7.34. The summed E-state index contributed by atoms with van der Waals surface area (Å²) in [5, 5.41) is 8.75. The number of aryl methyl sites for hydroxylation is 1. The standard InChI is InChI=1S/C13H22N4/c1-9-15-16-12(17(9)10-6-7-10)13(2)8-4-3-5-11(13)14/h10-11H,3-8,14H2,1-2H3. The van der Waals surface area contributed by atoms with Gasteiger partial charge in [0.05, 0.1) is 0 Å². The Morgan fingerprint density at radius 3 is 2.65 bits per heavy atom. The Labute approximate surface area is 103 Å². The van der Waals surface area contributed by atoms with Crippen molar-refractivity contribution in [3.05, 3.63) is 11.6 Å². The highest BCUT2D eigenvalue weighted by Crippen LogP contribution is 2.43. The first-order valence-corrected chi connectivity index (χ1v) is 6.80. The summed E-state index contributed by atoms with van der Waals surface area (Å²) in [6, 6.07) is 0.878. The van der Waals surface area contributed by atoms with Gasteiger partial charge in [-0.25, -0.2) is 0 Å². The van der Waals surface area contributed by atoms with Gasteiger partial charge < -0.3 is 10.3 Å². The molecule has 2 saturated carbocycles. The van der Waals surface area contributed by atoms with Crippen molar-refractivity contribution in [1.29, 1.82) is 0 Å². The SMILES string of the molecule is Cc1nnc(C2(C)CCCCC2N)n1C1CC1. The highest BCUT2D eigenvalue weighted by atomic mass is 15.3. The van der Waals surface area contributed by atoms with Crippen molar-refractivity contribution >= 4 is 0 Å². The molecule has 0 aliphatic heterocycles. The molecule has 0 bridgehead atoms. The maximum Gasteiger partial charge on any atom is 0.140 e. The van der Waals surface area contributed by atoms with Gasteiger partial charge in [0.15, 0.2) is 0 Å². The predicted molar refractivity (Wildman–Crippen MR) is 66.8 cm³/mol. The van der Waals surface area contributed by atoms with Crippen LogP contribution in [0.15, 0.2) is 0 Å². The maximum absolute atomic E-state index is 6.36. The number of rotatable bonds is 2. The van der Waals surface area contributed by atoms with E-state index in [0.29, 0.717) is 6.04 Å². The number of hydrogen-bond donors (Lipinski definition) is 1. The largest absolute Gasteiger partial charge is 0.327 e. The van der Waals surface area contributed by atoms with E-state index in [9.17, 15) is 0 Å². The van der Waals surface area contributed by atoms with E-state index in [2.05, 4.69) is 28.6 Å². The fourth-order valence-corrected chi connectivity index (χ4v) is 3.17. The Hall–Kier alpha value is -0.900. The molecule has 2 unspecified atom stereocenters. The molecule has 2 fully saturated rings. The lowest BCUT2D eigenvalue weighted by molar-refractivity contribution is 0.250. The second-order valence-corrected chi connectivity index (χ2v) is 5.94. The van der Waals surface area contributed by atoms with Crippen LogP contribution in [0.3, 0.4) is 0 Å². The molecule has 1 aromatic rings. The molecule has 4 nitrogen and oxygen atoms in total. The molecular formula is C13H22N4. The lowest BCUT2D eigenvalue weighted by atomic mass is 9.71.